The number of carbonyl (C=O) groups excluding carboxylic acids is 1. The molecule has 2 aromatic carbocycles. The lowest BCUT2D eigenvalue weighted by Crippen LogP contribution is -2.30. The van der Waals surface area contributed by atoms with E-state index in [1.165, 1.54) is 6.07 Å². The fourth-order valence-corrected chi connectivity index (χ4v) is 3.20. The first kappa shape index (κ1) is 19.7. The lowest BCUT2D eigenvalue weighted by Gasteiger charge is -2.19. The first-order chi connectivity index (χ1) is 13.3. The van der Waals surface area contributed by atoms with Crippen molar-refractivity contribution in [2.75, 3.05) is 5.32 Å². The van der Waals surface area contributed by atoms with Crippen molar-refractivity contribution in [3.63, 3.8) is 0 Å². The maximum absolute atomic E-state index is 12.7. The van der Waals surface area contributed by atoms with Crippen molar-refractivity contribution in [1.29, 1.82) is 0 Å². The molecule has 0 fully saturated rings. The Hall–Kier alpha value is -3.08. The average molecular weight is 379 g/mol. The molecule has 0 aliphatic heterocycles. The molecule has 0 bridgehead atoms. The van der Waals surface area contributed by atoms with Crippen LogP contribution in [0.4, 0.5) is 5.69 Å². The largest absolute Gasteiger partial charge is 0.481 e. The Morgan fingerprint density at radius 3 is 2.50 bits per heavy atom. The zero-order valence-electron chi connectivity index (χ0n) is 16.8. The predicted octanol–water partition coefficient (Wildman–Crippen LogP) is 4.94. The summed E-state index contributed by atoms with van der Waals surface area (Å²) in [6.45, 7) is 9.70. The molecule has 1 heterocycles. The van der Waals surface area contributed by atoms with Crippen LogP contribution in [0.5, 0.6) is 5.75 Å². The summed E-state index contributed by atoms with van der Waals surface area (Å²) in [5.41, 5.74) is 3.80. The van der Waals surface area contributed by atoms with Crippen LogP contribution >= 0.6 is 0 Å². The van der Waals surface area contributed by atoms with Crippen LogP contribution in [0.25, 0.3) is 11.0 Å². The second-order valence-electron chi connectivity index (χ2n) is 7.35. The molecule has 1 atom stereocenters. The summed E-state index contributed by atoms with van der Waals surface area (Å²) in [4.78, 5) is 24.3. The van der Waals surface area contributed by atoms with Crippen LogP contribution in [0.15, 0.2) is 51.7 Å². The normalized spacial score (nSPS) is 12.2. The number of nitrogens with one attached hydrogen (secondary N) is 1. The van der Waals surface area contributed by atoms with Crippen LogP contribution < -0.4 is 15.7 Å². The van der Waals surface area contributed by atoms with Gasteiger partial charge in [-0.25, -0.2) is 4.79 Å². The maximum Gasteiger partial charge on any atom is 0.336 e. The first-order valence-corrected chi connectivity index (χ1v) is 9.38. The second-order valence-corrected chi connectivity index (χ2v) is 7.35. The van der Waals surface area contributed by atoms with Gasteiger partial charge in [-0.2, -0.15) is 0 Å². The summed E-state index contributed by atoms with van der Waals surface area (Å²) in [6.07, 6.45) is -0.714. The zero-order chi connectivity index (χ0) is 20.4. The Morgan fingerprint density at radius 1 is 1.04 bits per heavy atom. The van der Waals surface area contributed by atoms with E-state index in [-0.39, 0.29) is 11.8 Å². The molecule has 5 heteroatoms. The molecule has 0 saturated carbocycles. The van der Waals surface area contributed by atoms with Crippen molar-refractivity contribution in [1.82, 2.24) is 0 Å². The van der Waals surface area contributed by atoms with Crippen molar-refractivity contribution in [3.05, 3.63) is 69.6 Å². The molecule has 0 radical (unpaired) electrons. The minimum Gasteiger partial charge on any atom is -0.481 e. The van der Waals surface area contributed by atoms with Crippen molar-refractivity contribution < 1.29 is 13.9 Å². The van der Waals surface area contributed by atoms with Crippen LogP contribution in [0.3, 0.4) is 0 Å². The molecule has 0 spiro atoms. The Morgan fingerprint density at radius 2 is 1.79 bits per heavy atom. The van der Waals surface area contributed by atoms with Crippen molar-refractivity contribution in [2.24, 2.45) is 0 Å². The van der Waals surface area contributed by atoms with Crippen LogP contribution in [0, 0.1) is 13.8 Å². The van der Waals surface area contributed by atoms with E-state index < -0.39 is 11.7 Å². The summed E-state index contributed by atoms with van der Waals surface area (Å²) in [7, 11) is 0. The van der Waals surface area contributed by atoms with E-state index in [0.29, 0.717) is 11.3 Å². The van der Waals surface area contributed by atoms with Crippen LogP contribution in [-0.4, -0.2) is 12.0 Å². The minimum atomic E-state index is -0.714. The lowest BCUT2D eigenvalue weighted by molar-refractivity contribution is -0.122. The number of ether oxygens (including phenoxy) is 1. The van der Waals surface area contributed by atoms with Gasteiger partial charge in [0.2, 0.25) is 0 Å². The summed E-state index contributed by atoms with van der Waals surface area (Å²) >= 11 is 0. The highest BCUT2D eigenvalue weighted by Gasteiger charge is 2.19. The highest BCUT2D eigenvalue weighted by molar-refractivity contribution is 5.95. The summed E-state index contributed by atoms with van der Waals surface area (Å²) in [5.74, 6) is 0.526. The Balaban J connectivity index is 1.80. The number of anilines is 1. The van der Waals surface area contributed by atoms with Gasteiger partial charge in [-0.15, -0.1) is 0 Å². The Bertz CT molecular complexity index is 1080. The SMILES string of the molecule is Cc1cccc(C(C)C)c1NC(=O)C(C)Oc1ccc2c(C)cc(=O)oc2c1. The third-order valence-electron chi connectivity index (χ3n) is 4.78. The van der Waals surface area contributed by atoms with Gasteiger partial charge in [0, 0.05) is 23.2 Å². The van der Waals surface area contributed by atoms with E-state index in [1.54, 1.807) is 19.1 Å². The number of para-hydroxylation sites is 1. The molecule has 3 rings (SSSR count). The number of carbonyl (C=O) groups is 1. The Labute approximate surface area is 164 Å². The van der Waals surface area contributed by atoms with E-state index in [4.69, 9.17) is 9.15 Å². The van der Waals surface area contributed by atoms with Crippen LogP contribution in [0.2, 0.25) is 0 Å². The van der Waals surface area contributed by atoms with Crippen molar-refractivity contribution in [3.8, 4) is 5.75 Å². The Kier molecular flexibility index (Phi) is 5.54. The van der Waals surface area contributed by atoms with Gasteiger partial charge < -0.3 is 14.5 Å². The zero-order valence-corrected chi connectivity index (χ0v) is 16.8. The lowest BCUT2D eigenvalue weighted by atomic mass is 9.98. The van der Waals surface area contributed by atoms with E-state index in [0.717, 1.165) is 27.8 Å². The summed E-state index contributed by atoms with van der Waals surface area (Å²) in [6, 6.07) is 12.7. The van der Waals surface area contributed by atoms with E-state index in [1.807, 2.05) is 38.1 Å². The van der Waals surface area contributed by atoms with Gasteiger partial charge in [0.25, 0.3) is 5.91 Å². The van der Waals surface area contributed by atoms with Crippen LogP contribution in [0.1, 0.15) is 43.4 Å². The van der Waals surface area contributed by atoms with Crippen LogP contribution in [-0.2, 0) is 4.79 Å². The first-order valence-electron chi connectivity index (χ1n) is 9.38. The molecule has 1 N–H and O–H groups in total. The van der Waals surface area contributed by atoms with Gasteiger partial charge in [-0.3, -0.25) is 4.79 Å². The molecule has 1 unspecified atom stereocenters. The minimum absolute atomic E-state index is 0.234. The smallest absolute Gasteiger partial charge is 0.336 e. The molecule has 1 aromatic heterocycles. The summed E-state index contributed by atoms with van der Waals surface area (Å²) < 4.78 is 11.0. The molecule has 0 saturated heterocycles. The number of benzene rings is 2. The number of amides is 1. The van der Waals surface area contributed by atoms with Gasteiger partial charge in [0.15, 0.2) is 6.10 Å². The van der Waals surface area contributed by atoms with Crippen molar-refractivity contribution in [2.45, 2.75) is 46.6 Å². The maximum atomic E-state index is 12.7. The number of rotatable bonds is 5. The molecule has 0 aliphatic carbocycles. The van der Waals surface area contributed by atoms with Gasteiger partial charge in [-0.05, 0) is 55.5 Å². The molecule has 146 valence electrons. The third-order valence-corrected chi connectivity index (χ3v) is 4.78. The van der Waals surface area contributed by atoms with E-state index in [2.05, 4.69) is 19.2 Å². The fraction of sp³-hybridized carbons (Fsp3) is 0.304. The number of hydrogen-bond donors (Lipinski definition) is 1. The monoisotopic (exact) mass is 379 g/mol. The highest BCUT2D eigenvalue weighted by atomic mass is 16.5. The number of aryl methyl sites for hydroxylation is 2. The fourth-order valence-electron chi connectivity index (χ4n) is 3.20. The quantitative estimate of drug-likeness (QED) is 0.638. The average Bonchev–Trinajstić information content (AvgIpc) is 2.62. The van der Waals surface area contributed by atoms with E-state index >= 15 is 0 Å². The van der Waals surface area contributed by atoms with Gasteiger partial charge >= 0.3 is 5.63 Å². The summed E-state index contributed by atoms with van der Waals surface area (Å²) in [5, 5.41) is 3.84. The second kappa shape index (κ2) is 7.89. The third kappa shape index (κ3) is 4.09. The highest BCUT2D eigenvalue weighted by Crippen LogP contribution is 2.28. The molecular formula is C23H25NO4. The standard InChI is InChI=1S/C23H25NO4/c1-13(2)18-8-6-7-14(3)22(18)24-23(26)16(5)27-17-9-10-19-15(4)11-21(25)28-20(19)12-17/h6-13,16H,1-5H3,(H,24,26). The molecular weight excluding hydrogens is 354 g/mol. The molecule has 0 aliphatic rings. The number of hydrogen-bond acceptors (Lipinski definition) is 4. The number of fused-ring (bicyclic) bond motifs is 1. The predicted molar refractivity (Wildman–Crippen MR) is 111 cm³/mol. The molecule has 3 aromatic rings. The van der Waals surface area contributed by atoms with E-state index in [9.17, 15) is 9.59 Å². The molecule has 28 heavy (non-hydrogen) atoms. The van der Waals surface area contributed by atoms with Crippen molar-refractivity contribution >= 4 is 22.6 Å². The topological polar surface area (TPSA) is 68.5 Å². The molecule has 1 amide bonds. The van der Waals surface area contributed by atoms with Gasteiger partial charge in [-0.1, -0.05) is 32.0 Å². The van der Waals surface area contributed by atoms with Gasteiger partial charge in [0.1, 0.15) is 11.3 Å². The molecule has 5 nitrogen and oxygen atoms in total. The van der Waals surface area contributed by atoms with Gasteiger partial charge in [0.05, 0.1) is 0 Å².